The molecule has 2 N–H and O–H groups in total. The third kappa shape index (κ3) is 2.15. The van der Waals surface area contributed by atoms with Gasteiger partial charge in [-0.1, -0.05) is 6.07 Å². The number of hydrogen-bond donors (Lipinski definition) is 2. The van der Waals surface area contributed by atoms with Gasteiger partial charge in [-0.2, -0.15) is 5.26 Å². The van der Waals surface area contributed by atoms with E-state index in [2.05, 4.69) is 21.3 Å². The fourth-order valence-corrected chi connectivity index (χ4v) is 2.56. The predicted molar refractivity (Wildman–Crippen MR) is 72.8 cm³/mol. The summed E-state index contributed by atoms with van der Waals surface area (Å²) in [5, 5.41) is 24.3. The Labute approximate surface area is 121 Å². The van der Waals surface area contributed by atoms with Crippen molar-refractivity contribution < 1.29 is 9.47 Å². The van der Waals surface area contributed by atoms with Crippen LogP contribution in [0.2, 0.25) is 0 Å². The van der Waals surface area contributed by atoms with Crippen LogP contribution in [-0.4, -0.2) is 28.2 Å². The molecule has 7 heteroatoms. The number of nitriles is 1. The van der Waals surface area contributed by atoms with Crippen molar-refractivity contribution in [2.45, 2.75) is 12.5 Å². The monoisotopic (exact) mass is 283 g/mol. The van der Waals surface area contributed by atoms with E-state index < -0.39 is 5.92 Å². The molecule has 106 valence electrons. The molecule has 0 radical (unpaired) electrons. The number of methoxy groups -OCH3 is 1. The van der Waals surface area contributed by atoms with E-state index in [1.165, 1.54) is 0 Å². The van der Waals surface area contributed by atoms with Crippen LogP contribution in [0.15, 0.2) is 24.5 Å². The number of nitrogens with one attached hydrogen (secondary N) is 2. The molecular formula is C14H13N5O2. The first kappa shape index (κ1) is 13.3. The van der Waals surface area contributed by atoms with Crippen LogP contribution in [0, 0.1) is 22.7 Å². The lowest BCUT2D eigenvalue weighted by Crippen LogP contribution is -2.31. The Kier molecular flexibility index (Phi) is 3.38. The molecule has 2 unspecified atom stereocenters. The fraction of sp³-hybridized carbons (Fsp3) is 0.286. The van der Waals surface area contributed by atoms with Crippen LogP contribution < -0.4 is 4.74 Å². The van der Waals surface area contributed by atoms with Gasteiger partial charge in [0.1, 0.15) is 5.92 Å². The summed E-state index contributed by atoms with van der Waals surface area (Å²) < 4.78 is 10.5. The number of H-pyrrole nitrogens is 1. The van der Waals surface area contributed by atoms with Crippen molar-refractivity contribution in [2.24, 2.45) is 5.92 Å². The molecule has 0 fully saturated rings. The molecule has 0 saturated carbocycles. The minimum absolute atomic E-state index is 0.102. The summed E-state index contributed by atoms with van der Waals surface area (Å²) in [4.78, 5) is 4.10. The fourth-order valence-electron chi connectivity index (χ4n) is 2.56. The van der Waals surface area contributed by atoms with Gasteiger partial charge in [-0.05, 0) is 11.6 Å². The number of nitrogens with zero attached hydrogens (tertiary/aromatic N) is 3. The van der Waals surface area contributed by atoms with Gasteiger partial charge >= 0.3 is 0 Å². The SMILES string of the molecule is COCc1[nH]nc2c1C(c1cccnc1)C(C#N)C(=N)O2. The second kappa shape index (κ2) is 5.34. The molecule has 2 aromatic rings. The number of pyridine rings is 1. The number of hydrogen-bond acceptors (Lipinski definition) is 6. The molecule has 0 bridgehead atoms. The largest absolute Gasteiger partial charge is 0.422 e. The highest BCUT2D eigenvalue weighted by Crippen LogP contribution is 2.42. The van der Waals surface area contributed by atoms with E-state index >= 15 is 0 Å². The predicted octanol–water partition coefficient (Wildman–Crippen LogP) is 1.59. The van der Waals surface area contributed by atoms with E-state index in [4.69, 9.17) is 14.9 Å². The number of ether oxygens (including phenoxy) is 2. The van der Waals surface area contributed by atoms with Crippen LogP contribution in [0.1, 0.15) is 22.7 Å². The molecular weight excluding hydrogens is 270 g/mol. The number of rotatable bonds is 3. The minimum atomic E-state index is -0.713. The summed E-state index contributed by atoms with van der Waals surface area (Å²) in [7, 11) is 1.58. The second-order valence-corrected chi connectivity index (χ2v) is 4.69. The average molecular weight is 283 g/mol. The molecule has 3 rings (SSSR count). The molecule has 0 spiro atoms. The standard InChI is InChI=1S/C14H13N5O2/c1-20-7-10-12-11(8-3-2-4-17-6-8)9(5-15)13(16)21-14(12)19-18-10/h2-4,6,9,11,16H,7H2,1H3,(H,18,19). The minimum Gasteiger partial charge on any atom is -0.422 e. The van der Waals surface area contributed by atoms with Crippen molar-refractivity contribution in [2.75, 3.05) is 7.11 Å². The highest BCUT2D eigenvalue weighted by molar-refractivity contribution is 5.84. The van der Waals surface area contributed by atoms with Gasteiger partial charge in [-0.3, -0.25) is 15.5 Å². The first-order valence-corrected chi connectivity index (χ1v) is 6.38. The lowest BCUT2D eigenvalue weighted by molar-refractivity contribution is 0.180. The lowest BCUT2D eigenvalue weighted by Gasteiger charge is -2.27. The molecule has 1 aliphatic heterocycles. The van der Waals surface area contributed by atoms with Crippen molar-refractivity contribution in [3.63, 3.8) is 0 Å². The maximum atomic E-state index is 9.42. The van der Waals surface area contributed by atoms with Crippen LogP contribution >= 0.6 is 0 Å². The Hall–Kier alpha value is -2.72. The third-order valence-electron chi connectivity index (χ3n) is 3.45. The van der Waals surface area contributed by atoms with Crippen molar-refractivity contribution >= 4 is 5.90 Å². The Balaban J connectivity index is 2.17. The van der Waals surface area contributed by atoms with Gasteiger partial charge in [0.2, 0.25) is 11.8 Å². The van der Waals surface area contributed by atoms with Gasteiger partial charge in [0.15, 0.2) is 0 Å². The van der Waals surface area contributed by atoms with Crippen molar-refractivity contribution in [3.8, 4) is 11.9 Å². The summed E-state index contributed by atoms with van der Waals surface area (Å²) in [6, 6.07) is 5.83. The summed E-state index contributed by atoms with van der Waals surface area (Å²) in [5.74, 6) is -0.833. The van der Waals surface area contributed by atoms with Gasteiger partial charge in [-0.25, -0.2) is 0 Å². The molecule has 7 nitrogen and oxygen atoms in total. The summed E-state index contributed by atoms with van der Waals surface area (Å²) in [5.41, 5.74) is 2.35. The van der Waals surface area contributed by atoms with Crippen LogP contribution in [0.25, 0.3) is 0 Å². The molecule has 0 amide bonds. The quantitative estimate of drug-likeness (QED) is 0.889. The van der Waals surface area contributed by atoms with Gasteiger partial charge in [0.25, 0.3) is 0 Å². The van der Waals surface area contributed by atoms with Crippen molar-refractivity contribution in [1.82, 2.24) is 15.2 Å². The average Bonchev–Trinajstić information content (AvgIpc) is 2.89. The van der Waals surface area contributed by atoms with E-state index in [1.54, 1.807) is 25.6 Å². The molecule has 3 heterocycles. The van der Waals surface area contributed by atoms with E-state index in [-0.39, 0.29) is 11.8 Å². The van der Waals surface area contributed by atoms with Gasteiger partial charge in [0, 0.05) is 31.0 Å². The van der Waals surface area contributed by atoms with Crippen LogP contribution in [-0.2, 0) is 11.3 Å². The molecule has 0 aliphatic carbocycles. The zero-order chi connectivity index (χ0) is 14.8. The van der Waals surface area contributed by atoms with Crippen LogP contribution in [0.3, 0.4) is 0 Å². The smallest absolute Gasteiger partial charge is 0.243 e. The number of aromatic amines is 1. The van der Waals surface area contributed by atoms with Crippen molar-refractivity contribution in [3.05, 3.63) is 41.3 Å². The topological polar surface area (TPSA) is 108 Å². The van der Waals surface area contributed by atoms with Crippen LogP contribution in [0.4, 0.5) is 0 Å². The summed E-state index contributed by atoms with van der Waals surface area (Å²) in [6.45, 7) is 0.327. The Morgan fingerprint density at radius 3 is 3.10 bits per heavy atom. The van der Waals surface area contributed by atoms with E-state index in [0.29, 0.717) is 12.5 Å². The van der Waals surface area contributed by atoms with Gasteiger partial charge < -0.3 is 9.47 Å². The molecule has 2 aromatic heterocycles. The Bertz CT molecular complexity index is 704. The Morgan fingerprint density at radius 1 is 1.57 bits per heavy atom. The Morgan fingerprint density at radius 2 is 2.43 bits per heavy atom. The van der Waals surface area contributed by atoms with Crippen molar-refractivity contribution in [1.29, 1.82) is 10.7 Å². The molecule has 2 atom stereocenters. The highest BCUT2D eigenvalue weighted by Gasteiger charge is 2.40. The van der Waals surface area contributed by atoms with E-state index in [9.17, 15) is 5.26 Å². The van der Waals surface area contributed by atoms with E-state index in [1.807, 2.05) is 6.07 Å². The molecule has 21 heavy (non-hydrogen) atoms. The normalized spacial score (nSPS) is 20.5. The van der Waals surface area contributed by atoms with E-state index in [0.717, 1.165) is 16.8 Å². The number of fused-ring (bicyclic) bond motifs is 1. The summed E-state index contributed by atoms with van der Waals surface area (Å²) >= 11 is 0. The zero-order valence-electron chi connectivity index (χ0n) is 11.3. The lowest BCUT2D eigenvalue weighted by atomic mass is 9.80. The highest BCUT2D eigenvalue weighted by atomic mass is 16.5. The maximum Gasteiger partial charge on any atom is 0.243 e. The second-order valence-electron chi connectivity index (χ2n) is 4.69. The van der Waals surface area contributed by atoms with Gasteiger partial charge in [-0.15, -0.1) is 5.10 Å². The zero-order valence-corrected chi connectivity index (χ0v) is 11.3. The first-order valence-electron chi connectivity index (χ1n) is 6.38. The molecule has 1 aliphatic rings. The summed E-state index contributed by atoms with van der Waals surface area (Å²) in [6.07, 6.45) is 3.36. The maximum absolute atomic E-state index is 9.42. The number of aromatic nitrogens is 3. The van der Waals surface area contributed by atoms with Gasteiger partial charge in [0.05, 0.1) is 18.4 Å². The third-order valence-corrected chi connectivity index (χ3v) is 3.45. The molecule has 0 saturated heterocycles. The first-order chi connectivity index (χ1) is 10.3. The molecule has 0 aromatic carbocycles. The van der Waals surface area contributed by atoms with Crippen LogP contribution in [0.5, 0.6) is 5.88 Å².